The third kappa shape index (κ3) is 4.45. The van der Waals surface area contributed by atoms with E-state index < -0.39 is 0 Å². The van der Waals surface area contributed by atoms with Crippen LogP contribution in [0.15, 0.2) is 41.0 Å². The molecule has 0 bridgehead atoms. The molecule has 0 aliphatic carbocycles. The van der Waals surface area contributed by atoms with Crippen molar-refractivity contribution in [2.75, 3.05) is 20.3 Å². The lowest BCUT2D eigenvalue weighted by atomic mass is 10.1. The highest BCUT2D eigenvalue weighted by atomic mass is 32.1. The van der Waals surface area contributed by atoms with Gasteiger partial charge in [0.1, 0.15) is 11.9 Å². The molecule has 4 rings (SSSR count). The second-order valence-electron chi connectivity index (χ2n) is 6.82. The van der Waals surface area contributed by atoms with E-state index in [0.29, 0.717) is 19.7 Å². The molecule has 1 saturated heterocycles. The van der Waals surface area contributed by atoms with Gasteiger partial charge in [-0.1, -0.05) is 12.1 Å². The number of nitrogens with zero attached hydrogens (tertiary/aromatic N) is 3. The molecule has 0 spiro atoms. The van der Waals surface area contributed by atoms with E-state index >= 15 is 0 Å². The van der Waals surface area contributed by atoms with Crippen LogP contribution in [0.25, 0.3) is 4.96 Å². The van der Waals surface area contributed by atoms with Crippen molar-refractivity contribution in [2.24, 2.45) is 4.99 Å². The molecule has 0 saturated carbocycles. The molecule has 0 amide bonds. The fraction of sp³-hybridized carbons (Fsp3) is 0.400. The van der Waals surface area contributed by atoms with Gasteiger partial charge in [-0.25, -0.2) is 4.98 Å². The molecule has 28 heavy (non-hydrogen) atoms. The maximum Gasteiger partial charge on any atom is 0.193 e. The molecular weight excluding hydrogens is 374 g/mol. The van der Waals surface area contributed by atoms with Crippen LogP contribution in [0.4, 0.5) is 0 Å². The molecule has 3 aromatic rings. The van der Waals surface area contributed by atoms with E-state index in [1.807, 2.05) is 22.2 Å². The molecule has 1 aliphatic heterocycles. The number of hydrogen-bond donors (Lipinski definition) is 2. The quantitative estimate of drug-likeness (QED) is 0.493. The Hall–Kier alpha value is -2.58. The number of ether oxygens (including phenoxy) is 2. The lowest BCUT2D eigenvalue weighted by Crippen LogP contribution is -2.36. The van der Waals surface area contributed by atoms with Crippen LogP contribution in [-0.4, -0.2) is 41.7 Å². The molecule has 2 N–H and O–H groups in total. The summed E-state index contributed by atoms with van der Waals surface area (Å²) in [5.41, 5.74) is 3.26. The number of nitrogens with one attached hydrogen (secondary N) is 2. The average Bonchev–Trinajstić information content (AvgIpc) is 3.41. The van der Waals surface area contributed by atoms with Crippen LogP contribution < -0.4 is 15.4 Å². The van der Waals surface area contributed by atoms with Crippen LogP contribution in [0.1, 0.15) is 23.2 Å². The lowest BCUT2D eigenvalue weighted by molar-refractivity contribution is 0.140. The number of aryl methyl sites for hydroxylation is 1. The first-order chi connectivity index (χ1) is 13.7. The molecule has 1 fully saturated rings. The summed E-state index contributed by atoms with van der Waals surface area (Å²) in [6, 6.07) is 6.29. The molecule has 7 nitrogen and oxygen atoms in total. The molecule has 3 heterocycles. The Morgan fingerprint density at radius 3 is 3.07 bits per heavy atom. The number of imidazole rings is 1. The third-order valence-electron chi connectivity index (χ3n) is 4.65. The Balaban J connectivity index is 1.36. The van der Waals surface area contributed by atoms with E-state index in [2.05, 4.69) is 45.7 Å². The maximum absolute atomic E-state index is 6.17. The summed E-state index contributed by atoms with van der Waals surface area (Å²) < 4.78 is 13.6. The number of benzene rings is 1. The summed E-state index contributed by atoms with van der Waals surface area (Å²) in [5.74, 6) is 1.64. The Bertz CT molecular complexity index is 930. The zero-order valence-corrected chi connectivity index (χ0v) is 17.0. The minimum absolute atomic E-state index is 0.132. The van der Waals surface area contributed by atoms with Crippen molar-refractivity contribution in [3.63, 3.8) is 0 Å². The summed E-state index contributed by atoms with van der Waals surface area (Å²) >= 11 is 1.63. The van der Waals surface area contributed by atoms with Gasteiger partial charge in [-0.15, -0.1) is 11.3 Å². The summed E-state index contributed by atoms with van der Waals surface area (Å²) in [7, 11) is 1.77. The normalized spacial score (nSPS) is 17.2. The van der Waals surface area contributed by atoms with Crippen LogP contribution >= 0.6 is 11.3 Å². The van der Waals surface area contributed by atoms with Crippen LogP contribution in [-0.2, 0) is 17.8 Å². The van der Waals surface area contributed by atoms with Crippen molar-refractivity contribution in [2.45, 2.75) is 32.5 Å². The predicted molar refractivity (Wildman–Crippen MR) is 111 cm³/mol. The summed E-state index contributed by atoms with van der Waals surface area (Å²) in [4.78, 5) is 9.89. The number of fused-ring (bicyclic) bond motifs is 1. The first-order valence-corrected chi connectivity index (χ1v) is 10.3. The van der Waals surface area contributed by atoms with Gasteiger partial charge >= 0.3 is 0 Å². The first kappa shape index (κ1) is 18.8. The highest BCUT2D eigenvalue weighted by Crippen LogP contribution is 2.23. The second-order valence-corrected chi connectivity index (χ2v) is 7.69. The predicted octanol–water partition coefficient (Wildman–Crippen LogP) is 2.74. The largest absolute Gasteiger partial charge is 0.488 e. The number of thiazole rings is 1. The molecule has 1 atom stereocenters. The number of aliphatic imine (C=N–C) groups is 1. The van der Waals surface area contributed by atoms with Crippen molar-refractivity contribution in [3.8, 4) is 5.75 Å². The van der Waals surface area contributed by atoms with Gasteiger partial charge in [0.25, 0.3) is 0 Å². The first-order valence-electron chi connectivity index (χ1n) is 9.41. The lowest BCUT2D eigenvalue weighted by Gasteiger charge is -2.18. The number of aromatic nitrogens is 2. The average molecular weight is 400 g/mol. The van der Waals surface area contributed by atoms with Crippen LogP contribution in [0.5, 0.6) is 5.75 Å². The number of hydrogen-bond acceptors (Lipinski definition) is 5. The van der Waals surface area contributed by atoms with Crippen molar-refractivity contribution in [3.05, 3.63) is 52.8 Å². The monoisotopic (exact) mass is 399 g/mol. The van der Waals surface area contributed by atoms with Crippen molar-refractivity contribution in [1.82, 2.24) is 20.0 Å². The molecule has 0 radical (unpaired) electrons. The van der Waals surface area contributed by atoms with Crippen LogP contribution in [0.2, 0.25) is 0 Å². The summed E-state index contributed by atoms with van der Waals surface area (Å²) in [6.07, 6.45) is 5.11. The Morgan fingerprint density at radius 1 is 1.39 bits per heavy atom. The van der Waals surface area contributed by atoms with E-state index in [1.165, 1.54) is 5.56 Å². The second kappa shape index (κ2) is 8.62. The number of guanidine groups is 1. The standard InChI is InChI=1S/C20H25N5O2S/c1-14-3-4-15(18(9-14)27-17-5-7-26-13-17)10-22-19(21-2)23-11-16-12-25-6-8-28-20(25)24-16/h3-4,6,8-9,12,17H,5,7,10-11,13H2,1-2H3,(H2,21,22,23). The van der Waals surface area contributed by atoms with Gasteiger partial charge in [-0.05, 0) is 18.6 Å². The van der Waals surface area contributed by atoms with Gasteiger partial charge in [-0.3, -0.25) is 9.39 Å². The van der Waals surface area contributed by atoms with E-state index in [4.69, 9.17) is 9.47 Å². The fourth-order valence-electron chi connectivity index (χ4n) is 3.14. The molecule has 148 valence electrons. The van der Waals surface area contributed by atoms with Crippen molar-refractivity contribution >= 4 is 22.3 Å². The molecule has 2 aromatic heterocycles. The zero-order valence-electron chi connectivity index (χ0n) is 16.1. The Kier molecular flexibility index (Phi) is 5.78. The topological polar surface area (TPSA) is 72.2 Å². The van der Waals surface area contributed by atoms with Gasteiger partial charge in [0.2, 0.25) is 0 Å². The minimum atomic E-state index is 0.132. The molecular formula is C20H25N5O2S. The Morgan fingerprint density at radius 2 is 2.29 bits per heavy atom. The highest BCUT2D eigenvalue weighted by Gasteiger charge is 2.18. The van der Waals surface area contributed by atoms with Gasteiger partial charge in [0, 0.05) is 43.4 Å². The molecule has 1 aliphatic rings. The summed E-state index contributed by atoms with van der Waals surface area (Å²) in [5, 5.41) is 8.71. The maximum atomic E-state index is 6.17. The molecule has 1 aromatic carbocycles. The molecule has 8 heteroatoms. The van der Waals surface area contributed by atoms with Crippen molar-refractivity contribution in [1.29, 1.82) is 0 Å². The van der Waals surface area contributed by atoms with E-state index in [9.17, 15) is 0 Å². The smallest absolute Gasteiger partial charge is 0.193 e. The molecule has 1 unspecified atom stereocenters. The Labute approximate surface area is 168 Å². The van der Waals surface area contributed by atoms with Gasteiger partial charge in [0.05, 0.1) is 25.5 Å². The zero-order chi connectivity index (χ0) is 19.3. The van der Waals surface area contributed by atoms with Crippen molar-refractivity contribution < 1.29 is 9.47 Å². The van der Waals surface area contributed by atoms with E-state index in [1.54, 1.807) is 18.4 Å². The minimum Gasteiger partial charge on any atom is -0.488 e. The third-order valence-corrected chi connectivity index (χ3v) is 5.42. The van der Waals surface area contributed by atoms with Crippen LogP contribution in [0.3, 0.4) is 0 Å². The number of rotatable bonds is 6. The summed E-state index contributed by atoms with van der Waals surface area (Å²) in [6.45, 7) is 4.75. The van der Waals surface area contributed by atoms with Crippen LogP contribution in [0, 0.1) is 6.92 Å². The van der Waals surface area contributed by atoms with Gasteiger partial charge < -0.3 is 20.1 Å². The van der Waals surface area contributed by atoms with E-state index in [0.717, 1.165) is 41.0 Å². The van der Waals surface area contributed by atoms with Gasteiger partial charge in [0.15, 0.2) is 10.9 Å². The highest BCUT2D eigenvalue weighted by molar-refractivity contribution is 7.15. The van der Waals surface area contributed by atoms with Gasteiger partial charge in [-0.2, -0.15) is 0 Å². The SMILES string of the molecule is CN=C(NCc1cn2ccsc2n1)NCc1ccc(C)cc1OC1CCOC1. The van der Waals surface area contributed by atoms with E-state index in [-0.39, 0.29) is 6.10 Å². The fourth-order valence-corrected chi connectivity index (χ4v) is 3.86.